The fourth-order valence-electron chi connectivity index (χ4n) is 1.48. The normalized spacial score (nSPS) is 20.2. The van der Waals surface area contributed by atoms with E-state index in [1.807, 2.05) is 12.1 Å². The van der Waals surface area contributed by atoms with Crippen molar-refractivity contribution >= 4 is 0 Å². The predicted octanol–water partition coefficient (Wildman–Crippen LogP) is 2.42. The van der Waals surface area contributed by atoms with E-state index in [9.17, 15) is 0 Å². The van der Waals surface area contributed by atoms with Crippen LogP contribution in [-0.2, 0) is 6.42 Å². The number of hydrogen-bond acceptors (Lipinski definition) is 2. The Hall–Kier alpha value is -1.02. The largest absolute Gasteiger partial charge is 0.493 e. The third-order valence-electron chi connectivity index (χ3n) is 2.06. The lowest BCUT2D eigenvalue weighted by atomic mass is 9.99. The maximum atomic E-state index is 5.54. The fourth-order valence-corrected chi connectivity index (χ4v) is 1.48. The number of benzene rings is 1. The van der Waals surface area contributed by atoms with Gasteiger partial charge in [0.15, 0.2) is 0 Å². The molecular formula is C10H15NO. The highest BCUT2D eigenvalue weighted by Crippen LogP contribution is 2.25. The van der Waals surface area contributed by atoms with Gasteiger partial charge in [0.05, 0.1) is 6.61 Å². The smallest absolute Gasteiger partial charge is 0.122 e. The number of fused-ring (bicyclic) bond motifs is 1. The standard InChI is InChI=1S/C10H12O.H3N/c1-8-6-9-4-2-3-5-10(9)11-7-8;/h2-5,8H,6-7H2,1H3;1H3. The van der Waals surface area contributed by atoms with Crippen LogP contribution in [-0.4, -0.2) is 6.61 Å². The van der Waals surface area contributed by atoms with Gasteiger partial charge < -0.3 is 10.9 Å². The van der Waals surface area contributed by atoms with E-state index in [1.165, 1.54) is 5.56 Å². The van der Waals surface area contributed by atoms with Gasteiger partial charge in [0.25, 0.3) is 0 Å². The van der Waals surface area contributed by atoms with Gasteiger partial charge in [-0.25, -0.2) is 0 Å². The molecule has 1 aliphatic rings. The molecule has 1 unspecified atom stereocenters. The van der Waals surface area contributed by atoms with Gasteiger partial charge in [-0.05, 0) is 24.0 Å². The molecule has 2 heteroatoms. The molecule has 3 N–H and O–H groups in total. The minimum Gasteiger partial charge on any atom is -0.493 e. The summed E-state index contributed by atoms with van der Waals surface area (Å²) in [5.74, 6) is 1.75. The molecule has 0 saturated heterocycles. The second-order valence-electron chi connectivity index (χ2n) is 3.23. The fraction of sp³-hybridized carbons (Fsp3) is 0.400. The molecule has 2 nitrogen and oxygen atoms in total. The topological polar surface area (TPSA) is 44.2 Å². The average Bonchev–Trinajstić information content (AvgIpc) is 2.04. The van der Waals surface area contributed by atoms with E-state index in [-0.39, 0.29) is 6.15 Å². The summed E-state index contributed by atoms with van der Waals surface area (Å²) in [5.41, 5.74) is 1.35. The maximum absolute atomic E-state index is 5.54. The second kappa shape index (κ2) is 3.59. The van der Waals surface area contributed by atoms with Gasteiger partial charge in [0.2, 0.25) is 0 Å². The van der Waals surface area contributed by atoms with E-state index >= 15 is 0 Å². The number of rotatable bonds is 0. The zero-order chi connectivity index (χ0) is 7.68. The van der Waals surface area contributed by atoms with Crippen LogP contribution >= 0.6 is 0 Å². The molecule has 0 aromatic heterocycles. The first-order chi connectivity index (χ1) is 5.36. The van der Waals surface area contributed by atoms with Crippen LogP contribution in [0.2, 0.25) is 0 Å². The van der Waals surface area contributed by atoms with Crippen LogP contribution < -0.4 is 10.9 Å². The molecule has 0 saturated carbocycles. The Labute approximate surface area is 73.1 Å². The van der Waals surface area contributed by atoms with Gasteiger partial charge in [0, 0.05) is 0 Å². The Morgan fingerprint density at radius 3 is 2.92 bits per heavy atom. The number of hydrogen-bond donors (Lipinski definition) is 1. The molecule has 2 rings (SSSR count). The van der Waals surface area contributed by atoms with Gasteiger partial charge in [-0.1, -0.05) is 25.1 Å². The van der Waals surface area contributed by atoms with Crippen LogP contribution in [0.4, 0.5) is 0 Å². The van der Waals surface area contributed by atoms with Gasteiger partial charge in [-0.3, -0.25) is 0 Å². The first kappa shape index (κ1) is 9.07. The van der Waals surface area contributed by atoms with Crippen molar-refractivity contribution in [1.29, 1.82) is 0 Å². The van der Waals surface area contributed by atoms with Crippen molar-refractivity contribution in [2.45, 2.75) is 13.3 Å². The quantitative estimate of drug-likeness (QED) is 0.641. The summed E-state index contributed by atoms with van der Waals surface area (Å²) in [4.78, 5) is 0. The van der Waals surface area contributed by atoms with Crippen molar-refractivity contribution in [1.82, 2.24) is 6.15 Å². The van der Waals surface area contributed by atoms with Crippen LogP contribution in [0, 0.1) is 5.92 Å². The summed E-state index contributed by atoms with van der Waals surface area (Å²) in [6.07, 6.45) is 1.16. The van der Waals surface area contributed by atoms with E-state index in [4.69, 9.17) is 4.74 Å². The molecule has 0 radical (unpaired) electrons. The molecule has 1 aromatic rings. The minimum atomic E-state index is 0. The molecule has 0 fully saturated rings. The summed E-state index contributed by atoms with van der Waals surface area (Å²) in [7, 11) is 0. The summed E-state index contributed by atoms with van der Waals surface area (Å²) in [6, 6.07) is 8.28. The molecule has 0 bridgehead atoms. The lowest BCUT2D eigenvalue weighted by molar-refractivity contribution is 0.234. The summed E-state index contributed by atoms with van der Waals surface area (Å²) in [5, 5.41) is 0. The minimum absolute atomic E-state index is 0. The summed E-state index contributed by atoms with van der Waals surface area (Å²) in [6.45, 7) is 3.09. The lowest BCUT2D eigenvalue weighted by Gasteiger charge is -2.21. The monoisotopic (exact) mass is 165 g/mol. The molecule has 1 atom stereocenters. The highest BCUT2D eigenvalue weighted by molar-refractivity contribution is 5.34. The third kappa shape index (κ3) is 1.59. The zero-order valence-corrected chi connectivity index (χ0v) is 7.42. The molecule has 0 spiro atoms. The first-order valence-corrected chi connectivity index (χ1v) is 4.07. The average molecular weight is 165 g/mol. The number of para-hydroxylation sites is 1. The molecule has 1 aromatic carbocycles. The van der Waals surface area contributed by atoms with Gasteiger partial charge >= 0.3 is 0 Å². The van der Waals surface area contributed by atoms with E-state index in [2.05, 4.69) is 19.1 Å². The second-order valence-corrected chi connectivity index (χ2v) is 3.23. The predicted molar refractivity (Wildman–Crippen MR) is 49.8 cm³/mol. The van der Waals surface area contributed by atoms with Crippen LogP contribution in [0.15, 0.2) is 24.3 Å². The van der Waals surface area contributed by atoms with Crippen molar-refractivity contribution in [3.63, 3.8) is 0 Å². The maximum Gasteiger partial charge on any atom is 0.122 e. The van der Waals surface area contributed by atoms with Gasteiger partial charge in [-0.15, -0.1) is 0 Å². The Morgan fingerprint density at radius 2 is 2.08 bits per heavy atom. The highest BCUT2D eigenvalue weighted by atomic mass is 16.5. The van der Waals surface area contributed by atoms with Crippen LogP contribution in [0.1, 0.15) is 12.5 Å². The Balaban J connectivity index is 0.000000720. The van der Waals surface area contributed by atoms with Crippen molar-refractivity contribution < 1.29 is 4.74 Å². The van der Waals surface area contributed by atoms with Crippen LogP contribution in [0.5, 0.6) is 5.75 Å². The molecule has 12 heavy (non-hydrogen) atoms. The van der Waals surface area contributed by atoms with Crippen molar-refractivity contribution in [3.8, 4) is 5.75 Å². The molecule has 0 amide bonds. The Bertz CT molecular complexity index is 260. The zero-order valence-electron chi connectivity index (χ0n) is 7.42. The van der Waals surface area contributed by atoms with Gasteiger partial charge in [-0.2, -0.15) is 0 Å². The third-order valence-corrected chi connectivity index (χ3v) is 2.06. The summed E-state index contributed by atoms with van der Waals surface area (Å²) < 4.78 is 5.54. The van der Waals surface area contributed by atoms with E-state index in [0.29, 0.717) is 5.92 Å². The van der Waals surface area contributed by atoms with E-state index in [1.54, 1.807) is 0 Å². The van der Waals surface area contributed by atoms with Gasteiger partial charge in [0.1, 0.15) is 5.75 Å². The van der Waals surface area contributed by atoms with Crippen LogP contribution in [0.3, 0.4) is 0 Å². The van der Waals surface area contributed by atoms with Crippen LogP contribution in [0.25, 0.3) is 0 Å². The molecule has 1 aliphatic heterocycles. The molecule has 66 valence electrons. The SMILES string of the molecule is CC1COc2ccccc2C1.N. The Morgan fingerprint density at radius 1 is 1.33 bits per heavy atom. The highest BCUT2D eigenvalue weighted by Gasteiger charge is 2.14. The molecule has 0 aliphatic carbocycles. The van der Waals surface area contributed by atoms with Crippen molar-refractivity contribution in [3.05, 3.63) is 29.8 Å². The van der Waals surface area contributed by atoms with E-state index < -0.39 is 0 Å². The lowest BCUT2D eigenvalue weighted by Crippen LogP contribution is -2.17. The molecule has 1 heterocycles. The molecular weight excluding hydrogens is 150 g/mol. The Kier molecular flexibility index (Phi) is 2.71. The summed E-state index contributed by atoms with van der Waals surface area (Å²) >= 11 is 0. The van der Waals surface area contributed by atoms with Crippen molar-refractivity contribution in [2.24, 2.45) is 5.92 Å². The first-order valence-electron chi connectivity index (χ1n) is 4.07. The van der Waals surface area contributed by atoms with Crippen molar-refractivity contribution in [2.75, 3.05) is 6.61 Å². The number of ether oxygens (including phenoxy) is 1. The van der Waals surface area contributed by atoms with E-state index in [0.717, 1.165) is 18.8 Å².